The molecule has 0 saturated carbocycles. The number of hydrogen-bond acceptors (Lipinski definition) is 3. The highest BCUT2D eigenvalue weighted by Crippen LogP contribution is 2.29. The van der Waals surface area contributed by atoms with Gasteiger partial charge in [-0.25, -0.2) is 4.79 Å². The quantitative estimate of drug-likeness (QED) is 0.776. The number of rotatable bonds is 4. The molecule has 0 atom stereocenters. The van der Waals surface area contributed by atoms with E-state index in [4.69, 9.17) is 9.84 Å². The maximum absolute atomic E-state index is 11.0. The van der Waals surface area contributed by atoms with Crippen molar-refractivity contribution in [2.75, 3.05) is 7.11 Å². The molecule has 1 aromatic heterocycles. The summed E-state index contributed by atoms with van der Waals surface area (Å²) in [4.78, 5) is 11.0. The molecule has 0 amide bonds. The van der Waals surface area contributed by atoms with Crippen LogP contribution < -0.4 is 4.74 Å². The van der Waals surface area contributed by atoms with Crippen molar-refractivity contribution in [3.63, 3.8) is 0 Å². The summed E-state index contributed by atoms with van der Waals surface area (Å²) < 4.78 is 6.81. The van der Waals surface area contributed by atoms with Crippen molar-refractivity contribution >= 4 is 16.7 Å². The van der Waals surface area contributed by atoms with Gasteiger partial charge in [-0.05, 0) is 29.8 Å². The molecule has 0 fully saturated rings. The van der Waals surface area contributed by atoms with Gasteiger partial charge in [-0.2, -0.15) is 0 Å². The summed E-state index contributed by atoms with van der Waals surface area (Å²) in [6.45, 7) is 0.493. The lowest BCUT2D eigenvalue weighted by Gasteiger charge is -2.06. The van der Waals surface area contributed by atoms with Gasteiger partial charge in [0.25, 0.3) is 0 Å². The number of carboxylic acids is 1. The molecule has 22 heavy (non-hydrogen) atoms. The number of ether oxygens (including phenoxy) is 1. The third-order valence-corrected chi connectivity index (χ3v) is 3.62. The fourth-order valence-corrected chi connectivity index (χ4v) is 2.43. The first-order valence-corrected chi connectivity index (χ1v) is 6.76. The molecule has 0 bridgehead atoms. The number of fused-ring (bicyclic) bond motifs is 1. The van der Waals surface area contributed by atoms with Crippen molar-refractivity contribution in [3.05, 3.63) is 59.8 Å². The maximum atomic E-state index is 11.0. The molecule has 0 unspecified atom stereocenters. The molecule has 112 valence electrons. The molecule has 2 aromatic carbocycles. The van der Waals surface area contributed by atoms with Crippen molar-refractivity contribution in [1.82, 2.24) is 4.57 Å². The third kappa shape index (κ3) is 2.48. The summed E-state index contributed by atoms with van der Waals surface area (Å²) in [5.74, 6) is -0.171. The Kier molecular flexibility index (Phi) is 3.47. The number of aromatic nitrogens is 1. The van der Waals surface area contributed by atoms with Crippen LogP contribution in [0.3, 0.4) is 0 Å². The Hall–Kier alpha value is -2.95. The molecule has 3 aromatic rings. The lowest BCUT2D eigenvalue weighted by Crippen LogP contribution is -1.97. The van der Waals surface area contributed by atoms with Crippen LogP contribution in [0.4, 0.5) is 0 Å². The molecule has 0 saturated heterocycles. The molecule has 2 N–H and O–H groups in total. The van der Waals surface area contributed by atoms with Gasteiger partial charge >= 0.3 is 5.97 Å². The molecule has 5 nitrogen and oxygen atoms in total. The molecule has 1 heterocycles. The first kappa shape index (κ1) is 14.0. The van der Waals surface area contributed by atoms with E-state index >= 15 is 0 Å². The number of carbonyl (C=O) groups is 1. The highest BCUT2D eigenvalue weighted by molar-refractivity contribution is 5.96. The molecular formula is C17H15NO4. The Morgan fingerprint density at radius 3 is 2.55 bits per heavy atom. The molecule has 0 radical (unpaired) electrons. The fourth-order valence-electron chi connectivity index (χ4n) is 2.43. The first-order chi connectivity index (χ1) is 10.6. The third-order valence-electron chi connectivity index (χ3n) is 3.62. The lowest BCUT2D eigenvalue weighted by molar-refractivity contribution is 0.0697. The number of carboxylic acid groups (broad SMARTS) is 1. The van der Waals surface area contributed by atoms with Gasteiger partial charge in [-0.3, -0.25) is 0 Å². The molecule has 5 heteroatoms. The van der Waals surface area contributed by atoms with E-state index in [2.05, 4.69) is 0 Å². The van der Waals surface area contributed by atoms with Crippen LogP contribution in [0, 0.1) is 0 Å². The second-order valence-electron chi connectivity index (χ2n) is 5.04. The molecule has 0 aliphatic carbocycles. The van der Waals surface area contributed by atoms with E-state index in [1.54, 1.807) is 23.9 Å². The van der Waals surface area contributed by atoms with E-state index in [1.807, 2.05) is 24.3 Å². The maximum Gasteiger partial charge on any atom is 0.335 e. The second-order valence-corrected chi connectivity index (χ2v) is 5.04. The predicted molar refractivity (Wildman–Crippen MR) is 82.7 cm³/mol. The monoisotopic (exact) mass is 297 g/mol. The Morgan fingerprint density at radius 1 is 1.18 bits per heavy atom. The van der Waals surface area contributed by atoms with Crippen LogP contribution in [0.5, 0.6) is 11.6 Å². The van der Waals surface area contributed by atoms with E-state index in [1.165, 1.54) is 12.1 Å². The Labute approximate surface area is 127 Å². The van der Waals surface area contributed by atoms with Crippen LogP contribution in [0.25, 0.3) is 10.8 Å². The summed E-state index contributed by atoms with van der Waals surface area (Å²) in [6, 6.07) is 12.3. The standard InChI is InChI=1S/C17H15NO4/c1-22-14-6-2-11(3-7-14)9-18-10-13-5-4-12(17(20)21)8-15(13)16(18)19/h2-8,10,19H,9H2,1H3,(H,20,21). The minimum atomic E-state index is -1.01. The normalized spacial score (nSPS) is 10.8. The van der Waals surface area contributed by atoms with Crippen LogP contribution in [-0.4, -0.2) is 27.9 Å². The first-order valence-electron chi connectivity index (χ1n) is 6.76. The van der Waals surface area contributed by atoms with Gasteiger partial charge in [-0.15, -0.1) is 0 Å². The van der Waals surface area contributed by atoms with Crippen molar-refractivity contribution < 1.29 is 19.7 Å². The zero-order valence-electron chi connectivity index (χ0n) is 12.0. The summed E-state index contributed by atoms with van der Waals surface area (Å²) in [5, 5.41) is 20.7. The van der Waals surface area contributed by atoms with Gasteiger partial charge in [0.2, 0.25) is 0 Å². The highest BCUT2D eigenvalue weighted by Gasteiger charge is 2.11. The number of hydrogen-bond donors (Lipinski definition) is 2. The number of methoxy groups -OCH3 is 1. The van der Waals surface area contributed by atoms with Gasteiger partial charge in [0.1, 0.15) is 5.75 Å². The molecule has 0 spiro atoms. The number of benzene rings is 2. The summed E-state index contributed by atoms with van der Waals surface area (Å²) in [6.07, 6.45) is 1.81. The Morgan fingerprint density at radius 2 is 1.91 bits per heavy atom. The zero-order valence-corrected chi connectivity index (χ0v) is 12.0. The minimum absolute atomic E-state index is 0.0638. The Bertz CT molecular complexity index is 834. The molecule has 0 aliphatic rings. The van der Waals surface area contributed by atoms with E-state index in [0.717, 1.165) is 16.7 Å². The smallest absolute Gasteiger partial charge is 0.335 e. The van der Waals surface area contributed by atoms with E-state index in [0.29, 0.717) is 11.9 Å². The Balaban J connectivity index is 1.96. The van der Waals surface area contributed by atoms with Gasteiger partial charge < -0.3 is 19.5 Å². The topological polar surface area (TPSA) is 71.7 Å². The summed E-state index contributed by atoms with van der Waals surface area (Å²) in [5.41, 5.74) is 1.17. The average Bonchev–Trinajstić information content (AvgIpc) is 2.84. The van der Waals surface area contributed by atoms with Gasteiger partial charge in [0.05, 0.1) is 19.2 Å². The van der Waals surface area contributed by atoms with Gasteiger partial charge in [-0.1, -0.05) is 18.2 Å². The number of nitrogens with zero attached hydrogens (tertiary/aromatic N) is 1. The van der Waals surface area contributed by atoms with E-state index in [9.17, 15) is 9.90 Å². The van der Waals surface area contributed by atoms with Gasteiger partial charge in [0, 0.05) is 17.0 Å². The highest BCUT2D eigenvalue weighted by atomic mass is 16.5. The van der Waals surface area contributed by atoms with Crippen LogP contribution in [0.1, 0.15) is 15.9 Å². The van der Waals surface area contributed by atoms with E-state index < -0.39 is 5.97 Å². The summed E-state index contributed by atoms with van der Waals surface area (Å²) >= 11 is 0. The van der Waals surface area contributed by atoms with Crippen molar-refractivity contribution in [3.8, 4) is 11.6 Å². The predicted octanol–water partition coefficient (Wildman–Crippen LogP) is 3.10. The average molecular weight is 297 g/mol. The summed E-state index contributed by atoms with van der Waals surface area (Å²) in [7, 11) is 1.61. The van der Waals surface area contributed by atoms with Crippen molar-refractivity contribution in [2.45, 2.75) is 6.54 Å². The van der Waals surface area contributed by atoms with Crippen LogP contribution in [0.2, 0.25) is 0 Å². The number of aromatic hydroxyl groups is 1. The lowest BCUT2D eigenvalue weighted by atomic mass is 10.1. The van der Waals surface area contributed by atoms with Crippen molar-refractivity contribution in [2.24, 2.45) is 0 Å². The molecular weight excluding hydrogens is 282 g/mol. The van der Waals surface area contributed by atoms with Gasteiger partial charge in [0.15, 0.2) is 5.88 Å². The van der Waals surface area contributed by atoms with Crippen LogP contribution in [-0.2, 0) is 6.54 Å². The fraction of sp³-hybridized carbons (Fsp3) is 0.118. The zero-order chi connectivity index (χ0) is 15.7. The second kappa shape index (κ2) is 5.44. The molecule has 3 rings (SSSR count). The van der Waals surface area contributed by atoms with E-state index in [-0.39, 0.29) is 11.4 Å². The number of aromatic carboxylic acids is 1. The van der Waals surface area contributed by atoms with Crippen LogP contribution >= 0.6 is 0 Å². The van der Waals surface area contributed by atoms with Crippen LogP contribution in [0.15, 0.2) is 48.7 Å². The SMILES string of the molecule is COc1ccc(Cn2cc3ccc(C(=O)O)cc3c2O)cc1. The minimum Gasteiger partial charge on any atom is -0.497 e. The molecule has 0 aliphatic heterocycles. The largest absolute Gasteiger partial charge is 0.497 e. The van der Waals surface area contributed by atoms with Crippen molar-refractivity contribution in [1.29, 1.82) is 0 Å².